The summed E-state index contributed by atoms with van der Waals surface area (Å²) in [6.45, 7) is 4.29. The van der Waals surface area contributed by atoms with E-state index in [1.807, 2.05) is 72.5 Å². The van der Waals surface area contributed by atoms with E-state index in [9.17, 15) is 9.59 Å². The van der Waals surface area contributed by atoms with Crippen LogP contribution in [0.3, 0.4) is 0 Å². The number of ether oxygens (including phenoxy) is 1. The van der Waals surface area contributed by atoms with Gasteiger partial charge in [0.25, 0.3) is 5.56 Å². The van der Waals surface area contributed by atoms with Gasteiger partial charge in [0.1, 0.15) is 11.3 Å². The number of hydrogen-bond donors (Lipinski definition) is 1. The van der Waals surface area contributed by atoms with Crippen LogP contribution < -0.4 is 20.5 Å². The van der Waals surface area contributed by atoms with Crippen molar-refractivity contribution in [1.82, 2.24) is 19.4 Å². The molecule has 5 rings (SSSR count). The number of anilines is 2. The Kier molecular flexibility index (Phi) is 6.53. The molecule has 0 bridgehead atoms. The Balaban J connectivity index is 1.35. The molecule has 184 valence electrons. The van der Waals surface area contributed by atoms with Gasteiger partial charge in [0, 0.05) is 32.4 Å². The van der Waals surface area contributed by atoms with Gasteiger partial charge in [0.2, 0.25) is 0 Å². The van der Waals surface area contributed by atoms with Gasteiger partial charge in [0.05, 0.1) is 19.3 Å². The largest absolute Gasteiger partial charge is 0.495 e. The molecule has 1 aliphatic heterocycles. The van der Waals surface area contributed by atoms with E-state index in [-0.39, 0.29) is 11.6 Å². The SMILES string of the molecule is COc1ccc(C)cc1NC(=O)N1CCN(c2nc3cccnc3n(Cc3ccccc3)c2=O)CC1. The topological polar surface area (TPSA) is 92.6 Å². The molecular formula is C27H28N6O3. The Morgan fingerprint density at radius 1 is 1.03 bits per heavy atom. The first kappa shape index (κ1) is 23.3. The molecular weight excluding hydrogens is 456 g/mol. The summed E-state index contributed by atoms with van der Waals surface area (Å²) in [6.07, 6.45) is 1.67. The Morgan fingerprint density at radius 3 is 2.56 bits per heavy atom. The average Bonchev–Trinajstić information content (AvgIpc) is 2.91. The molecule has 1 aliphatic rings. The summed E-state index contributed by atoms with van der Waals surface area (Å²) in [5.74, 6) is 0.993. The summed E-state index contributed by atoms with van der Waals surface area (Å²) in [5, 5.41) is 2.95. The number of piperazine rings is 1. The number of methoxy groups -OCH3 is 1. The fourth-order valence-electron chi connectivity index (χ4n) is 4.42. The lowest BCUT2D eigenvalue weighted by Crippen LogP contribution is -2.51. The van der Waals surface area contributed by atoms with E-state index in [4.69, 9.17) is 4.74 Å². The summed E-state index contributed by atoms with van der Waals surface area (Å²) in [7, 11) is 1.58. The number of nitrogens with one attached hydrogen (secondary N) is 1. The summed E-state index contributed by atoms with van der Waals surface area (Å²) in [5.41, 5.74) is 3.70. The number of nitrogens with zero attached hydrogens (tertiary/aromatic N) is 5. The fraction of sp³-hybridized carbons (Fsp3) is 0.259. The monoisotopic (exact) mass is 484 g/mol. The third-order valence-corrected chi connectivity index (χ3v) is 6.33. The van der Waals surface area contributed by atoms with Crippen LogP contribution in [0.1, 0.15) is 11.1 Å². The number of aromatic nitrogens is 3. The van der Waals surface area contributed by atoms with E-state index in [0.717, 1.165) is 11.1 Å². The average molecular weight is 485 g/mol. The molecule has 9 nitrogen and oxygen atoms in total. The predicted octanol–water partition coefficient (Wildman–Crippen LogP) is 3.51. The van der Waals surface area contributed by atoms with Crippen molar-refractivity contribution in [2.24, 2.45) is 0 Å². The van der Waals surface area contributed by atoms with E-state index in [1.165, 1.54) is 0 Å². The lowest BCUT2D eigenvalue weighted by molar-refractivity contribution is 0.208. The molecule has 9 heteroatoms. The molecule has 1 fully saturated rings. The van der Waals surface area contributed by atoms with Gasteiger partial charge in [0.15, 0.2) is 11.5 Å². The van der Waals surface area contributed by atoms with Crippen LogP contribution >= 0.6 is 0 Å². The van der Waals surface area contributed by atoms with Crippen LogP contribution in [-0.2, 0) is 6.54 Å². The van der Waals surface area contributed by atoms with Gasteiger partial charge >= 0.3 is 6.03 Å². The second kappa shape index (κ2) is 10.1. The zero-order valence-electron chi connectivity index (χ0n) is 20.3. The number of benzene rings is 2. The molecule has 3 heterocycles. The molecule has 0 aliphatic carbocycles. The van der Waals surface area contributed by atoms with Crippen molar-refractivity contribution in [2.75, 3.05) is 43.5 Å². The normalized spacial score (nSPS) is 13.6. The lowest BCUT2D eigenvalue weighted by Gasteiger charge is -2.35. The highest BCUT2D eigenvalue weighted by atomic mass is 16.5. The van der Waals surface area contributed by atoms with Gasteiger partial charge in [-0.15, -0.1) is 0 Å². The molecule has 0 unspecified atom stereocenters. The van der Waals surface area contributed by atoms with Crippen molar-refractivity contribution in [3.8, 4) is 5.75 Å². The highest BCUT2D eigenvalue weighted by Crippen LogP contribution is 2.26. The minimum absolute atomic E-state index is 0.188. The number of fused-ring (bicyclic) bond motifs is 1. The van der Waals surface area contributed by atoms with E-state index in [1.54, 1.807) is 22.8 Å². The van der Waals surface area contributed by atoms with Crippen molar-refractivity contribution in [3.63, 3.8) is 0 Å². The molecule has 4 aromatic rings. The van der Waals surface area contributed by atoms with Crippen LogP contribution in [0, 0.1) is 6.92 Å². The minimum Gasteiger partial charge on any atom is -0.495 e. The number of urea groups is 1. The molecule has 2 amide bonds. The number of carbonyl (C=O) groups excluding carboxylic acids is 1. The quantitative estimate of drug-likeness (QED) is 0.466. The Bertz CT molecular complexity index is 1450. The van der Waals surface area contributed by atoms with Crippen molar-refractivity contribution >= 4 is 28.7 Å². The number of hydrogen-bond acceptors (Lipinski definition) is 6. The number of aryl methyl sites for hydroxylation is 1. The first-order chi connectivity index (χ1) is 17.5. The zero-order chi connectivity index (χ0) is 25.1. The summed E-state index contributed by atoms with van der Waals surface area (Å²) in [4.78, 5) is 39.3. The van der Waals surface area contributed by atoms with Crippen molar-refractivity contribution < 1.29 is 9.53 Å². The molecule has 0 radical (unpaired) electrons. The van der Waals surface area contributed by atoms with Crippen molar-refractivity contribution in [1.29, 1.82) is 0 Å². The van der Waals surface area contributed by atoms with E-state index >= 15 is 0 Å². The van der Waals surface area contributed by atoms with Crippen LogP contribution in [-0.4, -0.2) is 58.8 Å². The van der Waals surface area contributed by atoms with Gasteiger partial charge in [-0.3, -0.25) is 9.36 Å². The molecule has 36 heavy (non-hydrogen) atoms. The summed E-state index contributed by atoms with van der Waals surface area (Å²) in [6, 6.07) is 19.0. The van der Waals surface area contributed by atoms with Crippen LogP contribution in [0.4, 0.5) is 16.3 Å². The van der Waals surface area contributed by atoms with E-state index in [0.29, 0.717) is 61.1 Å². The number of rotatable bonds is 5. The second-order valence-electron chi connectivity index (χ2n) is 8.77. The molecule has 1 saturated heterocycles. The van der Waals surface area contributed by atoms with E-state index < -0.39 is 0 Å². The lowest BCUT2D eigenvalue weighted by atomic mass is 10.2. The Morgan fingerprint density at radius 2 is 1.81 bits per heavy atom. The number of pyridine rings is 1. The summed E-state index contributed by atoms with van der Waals surface area (Å²) >= 11 is 0. The third-order valence-electron chi connectivity index (χ3n) is 6.33. The smallest absolute Gasteiger partial charge is 0.322 e. The third kappa shape index (κ3) is 4.72. The maximum Gasteiger partial charge on any atom is 0.322 e. The van der Waals surface area contributed by atoms with Gasteiger partial charge in [-0.1, -0.05) is 36.4 Å². The Labute approximate surface area is 209 Å². The van der Waals surface area contributed by atoms with Crippen LogP contribution in [0.5, 0.6) is 5.75 Å². The first-order valence-electron chi connectivity index (χ1n) is 11.9. The maximum absolute atomic E-state index is 13.6. The Hall–Kier alpha value is -4.40. The molecule has 0 atom stereocenters. The predicted molar refractivity (Wildman–Crippen MR) is 140 cm³/mol. The molecule has 2 aromatic heterocycles. The van der Waals surface area contributed by atoms with Gasteiger partial charge in [-0.2, -0.15) is 0 Å². The minimum atomic E-state index is -0.198. The van der Waals surface area contributed by atoms with Crippen LogP contribution in [0.15, 0.2) is 71.7 Å². The van der Waals surface area contributed by atoms with E-state index in [2.05, 4.69) is 15.3 Å². The van der Waals surface area contributed by atoms with Crippen LogP contribution in [0.25, 0.3) is 11.2 Å². The number of carbonyl (C=O) groups is 1. The van der Waals surface area contributed by atoms with Gasteiger partial charge in [-0.25, -0.2) is 14.8 Å². The fourth-order valence-corrected chi connectivity index (χ4v) is 4.42. The molecule has 1 N–H and O–H groups in total. The molecule has 0 spiro atoms. The zero-order valence-corrected chi connectivity index (χ0v) is 20.3. The maximum atomic E-state index is 13.6. The molecule has 0 saturated carbocycles. The highest BCUT2D eigenvalue weighted by Gasteiger charge is 2.25. The van der Waals surface area contributed by atoms with Crippen molar-refractivity contribution in [3.05, 3.63) is 88.3 Å². The first-order valence-corrected chi connectivity index (χ1v) is 11.9. The van der Waals surface area contributed by atoms with Crippen molar-refractivity contribution in [2.45, 2.75) is 13.5 Å². The standard InChI is InChI=1S/C27H28N6O3/c1-19-10-11-23(36-2)22(17-19)30-27(35)32-15-13-31(14-16-32)25-26(34)33(18-20-7-4-3-5-8-20)24-21(29-25)9-6-12-28-24/h3-12,17H,13-16,18H2,1-2H3,(H,30,35). The van der Waals surface area contributed by atoms with Gasteiger partial charge < -0.3 is 19.9 Å². The summed E-state index contributed by atoms with van der Waals surface area (Å²) < 4.78 is 7.05. The number of amides is 2. The second-order valence-corrected chi connectivity index (χ2v) is 8.77. The molecule has 2 aromatic carbocycles. The van der Waals surface area contributed by atoms with Gasteiger partial charge in [-0.05, 0) is 42.3 Å². The highest BCUT2D eigenvalue weighted by molar-refractivity contribution is 5.91. The van der Waals surface area contributed by atoms with Crippen LogP contribution in [0.2, 0.25) is 0 Å².